The molecular weight excluding hydrogens is 450 g/mol. The summed E-state index contributed by atoms with van der Waals surface area (Å²) < 4.78 is 13.6. The molecule has 3 aliphatic rings. The fraction of sp³-hybridized carbons (Fsp3) is 0.720. The van der Waals surface area contributed by atoms with Gasteiger partial charge in [-0.05, 0) is 44.2 Å². The summed E-state index contributed by atoms with van der Waals surface area (Å²) in [4.78, 5) is 20.4. The van der Waals surface area contributed by atoms with Crippen molar-refractivity contribution in [2.45, 2.75) is 77.1 Å². The van der Waals surface area contributed by atoms with Crippen molar-refractivity contribution in [1.29, 1.82) is 0 Å². The van der Waals surface area contributed by atoms with Gasteiger partial charge in [-0.1, -0.05) is 19.1 Å². The van der Waals surface area contributed by atoms with E-state index in [2.05, 4.69) is 35.1 Å². The number of morpholine rings is 1. The molecule has 1 amide bonds. The fourth-order valence-electron chi connectivity index (χ4n) is 5.73. The average Bonchev–Trinajstić information content (AvgIpc) is 3.50. The summed E-state index contributed by atoms with van der Waals surface area (Å²) in [6.45, 7) is 11.6. The average molecular weight is 488 g/mol. The molecule has 2 saturated heterocycles. The Morgan fingerprint density at radius 1 is 1.26 bits per heavy atom. The lowest BCUT2D eigenvalue weighted by Gasteiger charge is -2.47. The number of nitrogens with zero attached hydrogens (tertiary/aromatic N) is 5. The molecule has 34 heavy (non-hydrogen) atoms. The molecule has 0 bridgehead atoms. The highest BCUT2D eigenvalue weighted by Gasteiger charge is 2.44. The van der Waals surface area contributed by atoms with Crippen molar-refractivity contribution < 1.29 is 14.3 Å². The number of piperidine rings is 1. The molecule has 0 N–H and O–H groups in total. The fourth-order valence-corrected chi connectivity index (χ4v) is 6.90. The summed E-state index contributed by atoms with van der Waals surface area (Å²) in [6.07, 6.45) is 6.81. The highest BCUT2D eigenvalue weighted by molar-refractivity contribution is 7.12. The molecule has 5 rings (SSSR count). The third-order valence-electron chi connectivity index (χ3n) is 7.69. The van der Waals surface area contributed by atoms with Crippen molar-refractivity contribution in [3.63, 3.8) is 0 Å². The minimum Gasteiger partial charge on any atom is -0.378 e. The monoisotopic (exact) mass is 487 g/mol. The number of hydrogen-bond donors (Lipinski definition) is 0. The number of carbonyl (C=O) groups is 1. The van der Waals surface area contributed by atoms with Crippen LogP contribution in [0.4, 0.5) is 0 Å². The summed E-state index contributed by atoms with van der Waals surface area (Å²) >= 11 is 1.98. The second-order valence-corrected chi connectivity index (χ2v) is 11.0. The molecule has 0 radical (unpaired) electrons. The summed E-state index contributed by atoms with van der Waals surface area (Å²) in [5.41, 5.74) is 2.23. The standard InChI is InChI=1S/C25H37N5O3S/c1-4-20-14-21-23(34-20)6-11-33-25(21)7-8-29(18(3)15-25)16-19-17-30(27-26-19)22(5-2)24(31)28-9-12-32-13-10-28/h14,17-18,22H,4-13,15-16H2,1-3H3/t18-,22?,25+/m0/s1. The van der Waals surface area contributed by atoms with Crippen molar-refractivity contribution in [3.8, 4) is 0 Å². The lowest BCUT2D eigenvalue weighted by Crippen LogP contribution is -2.50. The molecule has 1 unspecified atom stereocenters. The van der Waals surface area contributed by atoms with E-state index < -0.39 is 0 Å². The van der Waals surface area contributed by atoms with Gasteiger partial charge < -0.3 is 14.4 Å². The molecule has 0 aromatic carbocycles. The van der Waals surface area contributed by atoms with Gasteiger partial charge in [0.15, 0.2) is 0 Å². The highest BCUT2D eigenvalue weighted by atomic mass is 32.1. The summed E-state index contributed by atoms with van der Waals surface area (Å²) in [7, 11) is 0. The van der Waals surface area contributed by atoms with Gasteiger partial charge in [-0.2, -0.15) is 0 Å². The van der Waals surface area contributed by atoms with Crippen LogP contribution in [0.3, 0.4) is 0 Å². The Morgan fingerprint density at radius 2 is 2.09 bits per heavy atom. The van der Waals surface area contributed by atoms with Gasteiger partial charge in [0.05, 0.1) is 37.3 Å². The minimum atomic E-state index is -0.304. The Labute approximate surface area is 206 Å². The Kier molecular flexibility index (Phi) is 7.07. The van der Waals surface area contributed by atoms with E-state index in [4.69, 9.17) is 9.47 Å². The van der Waals surface area contributed by atoms with Gasteiger partial charge in [0.2, 0.25) is 5.91 Å². The molecular formula is C25H37N5O3S. The van der Waals surface area contributed by atoms with E-state index in [1.54, 1.807) is 4.68 Å². The zero-order valence-electron chi connectivity index (χ0n) is 20.7. The van der Waals surface area contributed by atoms with E-state index in [-0.39, 0.29) is 17.6 Å². The van der Waals surface area contributed by atoms with E-state index in [0.717, 1.165) is 51.1 Å². The number of thiophene rings is 1. The van der Waals surface area contributed by atoms with Crippen LogP contribution >= 0.6 is 11.3 Å². The van der Waals surface area contributed by atoms with Crippen LogP contribution in [0.1, 0.15) is 67.1 Å². The van der Waals surface area contributed by atoms with Crippen LogP contribution < -0.4 is 0 Å². The summed E-state index contributed by atoms with van der Waals surface area (Å²) in [6, 6.07) is 2.48. The third-order valence-corrected chi connectivity index (χ3v) is 9.03. The Balaban J connectivity index is 1.25. The van der Waals surface area contributed by atoms with Crippen LogP contribution in [0.5, 0.6) is 0 Å². The van der Waals surface area contributed by atoms with Gasteiger partial charge >= 0.3 is 0 Å². The second kappa shape index (κ2) is 10.0. The molecule has 2 aromatic rings. The van der Waals surface area contributed by atoms with E-state index in [1.807, 2.05) is 29.4 Å². The minimum absolute atomic E-state index is 0.114. The van der Waals surface area contributed by atoms with Crippen LogP contribution in [0.15, 0.2) is 12.3 Å². The number of aryl methyl sites for hydroxylation is 1. The van der Waals surface area contributed by atoms with Crippen LogP contribution in [-0.2, 0) is 39.3 Å². The Bertz CT molecular complexity index is 1000. The maximum atomic E-state index is 13.0. The number of hydrogen-bond acceptors (Lipinski definition) is 7. The first kappa shape index (κ1) is 23.9. The summed E-state index contributed by atoms with van der Waals surface area (Å²) in [5, 5.41) is 8.80. The Hall–Kier alpha value is -1.81. The first-order valence-corrected chi connectivity index (χ1v) is 13.6. The lowest BCUT2D eigenvalue weighted by molar-refractivity contribution is -0.139. The number of amides is 1. The van der Waals surface area contributed by atoms with Gasteiger partial charge in [-0.25, -0.2) is 4.68 Å². The van der Waals surface area contributed by atoms with Gasteiger partial charge in [0, 0.05) is 48.4 Å². The molecule has 9 heteroatoms. The highest BCUT2D eigenvalue weighted by Crippen LogP contribution is 2.46. The summed E-state index contributed by atoms with van der Waals surface area (Å²) in [5.74, 6) is 0.114. The molecule has 186 valence electrons. The van der Waals surface area contributed by atoms with E-state index in [1.165, 1.54) is 15.3 Å². The molecule has 1 spiro atoms. The van der Waals surface area contributed by atoms with E-state index in [9.17, 15) is 4.79 Å². The van der Waals surface area contributed by atoms with E-state index in [0.29, 0.717) is 38.8 Å². The first-order valence-electron chi connectivity index (χ1n) is 12.8. The van der Waals surface area contributed by atoms with Crippen LogP contribution in [0, 0.1) is 0 Å². The lowest BCUT2D eigenvalue weighted by atomic mass is 9.79. The molecule has 5 heterocycles. The van der Waals surface area contributed by atoms with Crippen LogP contribution in [0.25, 0.3) is 0 Å². The molecule has 2 aromatic heterocycles. The predicted octanol–water partition coefficient (Wildman–Crippen LogP) is 3.16. The normalized spacial score (nSPS) is 26.6. The second-order valence-electron chi connectivity index (χ2n) is 9.82. The topological polar surface area (TPSA) is 72.7 Å². The number of rotatable bonds is 6. The van der Waals surface area contributed by atoms with Crippen LogP contribution in [-0.4, -0.2) is 76.2 Å². The number of ether oxygens (including phenoxy) is 2. The quantitative estimate of drug-likeness (QED) is 0.623. The number of fused-ring (bicyclic) bond motifs is 2. The predicted molar refractivity (Wildman–Crippen MR) is 131 cm³/mol. The maximum Gasteiger partial charge on any atom is 0.247 e. The molecule has 3 atom stereocenters. The molecule has 2 fully saturated rings. The van der Waals surface area contributed by atoms with Crippen molar-refractivity contribution in [3.05, 3.63) is 33.3 Å². The van der Waals surface area contributed by atoms with Crippen molar-refractivity contribution in [2.75, 3.05) is 39.5 Å². The van der Waals surface area contributed by atoms with Gasteiger partial charge in [-0.3, -0.25) is 9.69 Å². The number of likely N-dealkylation sites (tertiary alicyclic amines) is 1. The van der Waals surface area contributed by atoms with Crippen LogP contribution in [0.2, 0.25) is 0 Å². The van der Waals surface area contributed by atoms with Crippen molar-refractivity contribution in [1.82, 2.24) is 24.8 Å². The van der Waals surface area contributed by atoms with E-state index >= 15 is 0 Å². The SMILES string of the molecule is CCc1cc2c(s1)CCO[C@@]21CCN(Cc2cn(C(CC)C(=O)N3CCOCC3)nn2)[C@@H](C)C1. The van der Waals surface area contributed by atoms with Gasteiger partial charge in [0.25, 0.3) is 0 Å². The smallest absolute Gasteiger partial charge is 0.247 e. The molecule has 0 saturated carbocycles. The van der Waals surface area contributed by atoms with Crippen molar-refractivity contribution >= 4 is 17.2 Å². The third kappa shape index (κ3) is 4.55. The van der Waals surface area contributed by atoms with Gasteiger partial charge in [-0.15, -0.1) is 16.4 Å². The first-order chi connectivity index (χ1) is 16.5. The molecule has 3 aliphatic heterocycles. The number of aromatic nitrogens is 3. The zero-order chi connectivity index (χ0) is 23.7. The molecule has 8 nitrogen and oxygen atoms in total. The Morgan fingerprint density at radius 3 is 2.82 bits per heavy atom. The van der Waals surface area contributed by atoms with Gasteiger partial charge in [0.1, 0.15) is 6.04 Å². The maximum absolute atomic E-state index is 13.0. The number of carbonyl (C=O) groups excluding carboxylic acids is 1. The molecule has 0 aliphatic carbocycles. The largest absolute Gasteiger partial charge is 0.378 e. The zero-order valence-corrected chi connectivity index (χ0v) is 21.5. The van der Waals surface area contributed by atoms with Crippen molar-refractivity contribution in [2.24, 2.45) is 0 Å².